The highest BCUT2D eigenvalue weighted by atomic mass is 35.5. The first-order valence-electron chi connectivity index (χ1n) is 5.96. The Hall–Kier alpha value is -2.21. The molecule has 7 heteroatoms. The summed E-state index contributed by atoms with van der Waals surface area (Å²) in [5, 5.41) is 11.1. The maximum Gasteiger partial charge on any atom is 0.149 e. The first-order valence-corrected chi connectivity index (χ1v) is 6.34. The van der Waals surface area contributed by atoms with E-state index in [0.29, 0.717) is 11.4 Å². The molecule has 1 aromatic carbocycles. The molecule has 0 atom stereocenters. The van der Waals surface area contributed by atoms with Crippen molar-refractivity contribution in [1.82, 2.24) is 4.98 Å². The molecule has 0 bridgehead atoms. The molecule has 0 radical (unpaired) electrons. The standard InChI is InChI=1S/C14H11ClF2N2O2/c15-14(19-20)5-9-1-4-12(6-13(9)17)21-8-11-3-2-10(16)7-18-11/h1-4,6-7,20H,5,8H2/b19-14-. The Labute approximate surface area is 124 Å². The number of nitrogens with zero attached hydrogens (tertiary/aromatic N) is 2. The summed E-state index contributed by atoms with van der Waals surface area (Å²) in [5.41, 5.74) is 0.807. The Morgan fingerprint density at radius 3 is 2.71 bits per heavy atom. The summed E-state index contributed by atoms with van der Waals surface area (Å²) < 4.78 is 31.8. The van der Waals surface area contributed by atoms with Gasteiger partial charge in [0.1, 0.15) is 29.2 Å². The molecule has 0 aliphatic heterocycles. The number of aromatic nitrogens is 1. The summed E-state index contributed by atoms with van der Waals surface area (Å²) in [6.45, 7) is 0.0952. The van der Waals surface area contributed by atoms with Gasteiger partial charge in [-0.1, -0.05) is 22.8 Å². The zero-order valence-corrected chi connectivity index (χ0v) is 11.5. The van der Waals surface area contributed by atoms with Crippen LogP contribution in [0, 0.1) is 11.6 Å². The van der Waals surface area contributed by atoms with E-state index < -0.39 is 11.6 Å². The predicted molar refractivity (Wildman–Crippen MR) is 73.7 cm³/mol. The first-order chi connectivity index (χ1) is 10.1. The van der Waals surface area contributed by atoms with E-state index >= 15 is 0 Å². The van der Waals surface area contributed by atoms with Crippen LogP contribution < -0.4 is 4.74 Å². The topological polar surface area (TPSA) is 54.7 Å². The largest absolute Gasteiger partial charge is 0.487 e. The normalized spacial score (nSPS) is 11.5. The van der Waals surface area contributed by atoms with Crippen molar-refractivity contribution in [1.29, 1.82) is 0 Å². The fraction of sp³-hybridized carbons (Fsp3) is 0.143. The summed E-state index contributed by atoms with van der Waals surface area (Å²) in [7, 11) is 0. The van der Waals surface area contributed by atoms with Crippen LogP contribution in [0.1, 0.15) is 11.3 Å². The van der Waals surface area contributed by atoms with E-state index in [1.165, 1.54) is 24.3 Å². The first kappa shape index (κ1) is 15.2. The molecule has 0 unspecified atom stereocenters. The average molecular weight is 313 g/mol. The van der Waals surface area contributed by atoms with Gasteiger partial charge in [-0.15, -0.1) is 0 Å². The quantitative estimate of drug-likeness (QED) is 0.522. The van der Waals surface area contributed by atoms with Gasteiger partial charge in [-0.25, -0.2) is 8.78 Å². The van der Waals surface area contributed by atoms with Crippen LogP contribution in [0.3, 0.4) is 0 Å². The smallest absolute Gasteiger partial charge is 0.149 e. The predicted octanol–water partition coefficient (Wildman–Crippen LogP) is 3.51. The van der Waals surface area contributed by atoms with Crippen LogP contribution in [0.15, 0.2) is 41.7 Å². The van der Waals surface area contributed by atoms with Gasteiger partial charge in [-0.2, -0.15) is 0 Å². The molecule has 0 saturated carbocycles. The van der Waals surface area contributed by atoms with Gasteiger partial charge in [-0.05, 0) is 23.8 Å². The number of ether oxygens (including phenoxy) is 1. The van der Waals surface area contributed by atoms with Crippen molar-refractivity contribution >= 4 is 16.8 Å². The third kappa shape index (κ3) is 4.39. The van der Waals surface area contributed by atoms with Crippen LogP contribution in [-0.4, -0.2) is 15.4 Å². The summed E-state index contributed by atoms with van der Waals surface area (Å²) in [5.74, 6) is -0.655. The highest BCUT2D eigenvalue weighted by Crippen LogP contribution is 2.19. The number of hydrogen-bond acceptors (Lipinski definition) is 4. The molecule has 1 N–H and O–H groups in total. The van der Waals surface area contributed by atoms with Crippen molar-refractivity contribution in [3.05, 3.63) is 59.4 Å². The molecular weight excluding hydrogens is 302 g/mol. The molecule has 0 aliphatic rings. The highest BCUT2D eigenvalue weighted by molar-refractivity contribution is 6.65. The number of benzene rings is 1. The van der Waals surface area contributed by atoms with Crippen molar-refractivity contribution in [2.24, 2.45) is 5.16 Å². The molecule has 0 fully saturated rings. The van der Waals surface area contributed by atoms with Crippen LogP contribution in [0.2, 0.25) is 0 Å². The second-order valence-corrected chi connectivity index (χ2v) is 4.60. The van der Waals surface area contributed by atoms with Crippen molar-refractivity contribution < 1.29 is 18.7 Å². The monoisotopic (exact) mass is 312 g/mol. The Bertz CT molecular complexity index is 648. The number of rotatable bonds is 5. The van der Waals surface area contributed by atoms with E-state index in [1.54, 1.807) is 6.07 Å². The zero-order valence-electron chi connectivity index (χ0n) is 10.8. The Morgan fingerprint density at radius 2 is 2.10 bits per heavy atom. The fourth-order valence-corrected chi connectivity index (χ4v) is 1.75. The minimum atomic E-state index is -0.527. The second-order valence-electron chi connectivity index (χ2n) is 4.16. The van der Waals surface area contributed by atoms with Crippen molar-refractivity contribution in [3.8, 4) is 5.75 Å². The van der Waals surface area contributed by atoms with E-state index in [-0.39, 0.29) is 23.8 Å². The van der Waals surface area contributed by atoms with Gasteiger partial charge in [-0.3, -0.25) is 4.98 Å². The van der Waals surface area contributed by atoms with Crippen LogP contribution in [0.25, 0.3) is 0 Å². The lowest BCUT2D eigenvalue weighted by Crippen LogP contribution is -2.01. The van der Waals surface area contributed by atoms with Gasteiger partial charge in [0.15, 0.2) is 0 Å². The molecule has 1 aromatic heterocycles. The van der Waals surface area contributed by atoms with E-state index in [1.807, 2.05) is 0 Å². The summed E-state index contributed by atoms with van der Waals surface area (Å²) >= 11 is 5.53. The van der Waals surface area contributed by atoms with Crippen molar-refractivity contribution in [2.75, 3.05) is 0 Å². The molecule has 21 heavy (non-hydrogen) atoms. The van der Waals surface area contributed by atoms with Gasteiger partial charge in [0.2, 0.25) is 0 Å². The van der Waals surface area contributed by atoms with Crippen molar-refractivity contribution in [3.63, 3.8) is 0 Å². The molecule has 0 spiro atoms. The Balaban J connectivity index is 2.01. The second kappa shape index (κ2) is 6.99. The van der Waals surface area contributed by atoms with Crippen LogP contribution >= 0.6 is 11.6 Å². The SMILES string of the molecule is O/N=C(\Cl)Cc1ccc(OCc2ccc(F)cn2)cc1F. The van der Waals surface area contributed by atoms with Gasteiger partial charge in [0.05, 0.1) is 11.9 Å². The van der Waals surface area contributed by atoms with E-state index in [0.717, 1.165) is 6.20 Å². The number of halogens is 3. The molecule has 1 heterocycles. The maximum atomic E-state index is 13.8. The average Bonchev–Trinajstić information content (AvgIpc) is 2.49. The summed E-state index contributed by atoms with van der Waals surface area (Å²) in [6, 6.07) is 6.99. The molecular formula is C14H11ClF2N2O2. The molecule has 2 rings (SSSR count). The molecule has 4 nitrogen and oxygen atoms in total. The van der Waals surface area contributed by atoms with Crippen LogP contribution in [0.4, 0.5) is 8.78 Å². The highest BCUT2D eigenvalue weighted by Gasteiger charge is 2.07. The van der Waals surface area contributed by atoms with Gasteiger partial charge >= 0.3 is 0 Å². The lowest BCUT2D eigenvalue weighted by atomic mass is 10.1. The molecule has 110 valence electrons. The lowest BCUT2D eigenvalue weighted by Gasteiger charge is -2.07. The molecule has 0 amide bonds. The van der Waals surface area contributed by atoms with Gasteiger partial charge in [0, 0.05) is 12.5 Å². The molecule has 0 saturated heterocycles. The third-order valence-corrected chi connectivity index (χ3v) is 2.85. The molecule has 2 aromatic rings. The van der Waals surface area contributed by atoms with Gasteiger partial charge < -0.3 is 9.94 Å². The minimum absolute atomic E-state index is 0.0102. The van der Waals surface area contributed by atoms with Crippen molar-refractivity contribution in [2.45, 2.75) is 13.0 Å². The third-order valence-electron chi connectivity index (χ3n) is 2.64. The number of hydrogen-bond donors (Lipinski definition) is 1. The zero-order chi connectivity index (χ0) is 15.2. The fourth-order valence-electron chi connectivity index (χ4n) is 1.60. The minimum Gasteiger partial charge on any atom is -0.487 e. The Morgan fingerprint density at radius 1 is 1.29 bits per heavy atom. The van der Waals surface area contributed by atoms with Crippen LogP contribution in [-0.2, 0) is 13.0 Å². The van der Waals surface area contributed by atoms with Gasteiger partial charge in [0.25, 0.3) is 0 Å². The van der Waals surface area contributed by atoms with E-state index in [9.17, 15) is 8.78 Å². The maximum absolute atomic E-state index is 13.8. The van der Waals surface area contributed by atoms with E-state index in [4.69, 9.17) is 21.5 Å². The van der Waals surface area contributed by atoms with Crippen LogP contribution in [0.5, 0.6) is 5.75 Å². The number of oxime groups is 1. The lowest BCUT2D eigenvalue weighted by molar-refractivity contribution is 0.299. The summed E-state index contributed by atoms with van der Waals surface area (Å²) in [4.78, 5) is 3.83. The number of pyridine rings is 1. The van der Waals surface area contributed by atoms with E-state index in [2.05, 4.69) is 10.1 Å². The molecule has 0 aliphatic carbocycles. The summed E-state index contributed by atoms with van der Waals surface area (Å²) in [6.07, 6.45) is 1.07. The Kier molecular flexibility index (Phi) is 5.05.